The van der Waals surface area contributed by atoms with Gasteiger partial charge in [0.1, 0.15) is 0 Å². The minimum absolute atomic E-state index is 0.0798. The van der Waals surface area contributed by atoms with Crippen LogP contribution in [0.15, 0.2) is 91.0 Å². The van der Waals surface area contributed by atoms with Gasteiger partial charge in [-0.2, -0.15) is 13.7 Å². The van der Waals surface area contributed by atoms with Crippen molar-refractivity contribution in [1.82, 2.24) is 4.90 Å². The van der Waals surface area contributed by atoms with Gasteiger partial charge < -0.3 is 0 Å². The smallest absolute Gasteiger partial charge is 0.264 e. The largest absolute Gasteiger partial charge is 0.288 e. The van der Waals surface area contributed by atoms with Crippen LogP contribution in [-0.4, -0.2) is 32.2 Å². The lowest BCUT2D eigenvalue weighted by molar-refractivity contribution is 0.0960. The van der Waals surface area contributed by atoms with Gasteiger partial charge in [-0.25, -0.2) is 0 Å². The minimum Gasteiger partial charge on any atom is -0.288 e. The molecular weight excluding hydrogens is 420 g/mol. The first kappa shape index (κ1) is 23.7. The molecule has 0 spiro atoms. The molecule has 0 N–H and O–H groups in total. The standard InChI is InChI=1S/C26H28N2O3S/c1-32(29,30)31-21-26(25(18-27)17-22-11-5-2-6-12-22)28(19-23-13-7-3-8-14-23)20-24-15-9-4-10-16-24/h2-16,25-26H,17,19-21H2,1H3/t25-,26-/m0/s1. The zero-order chi connectivity index (χ0) is 22.8. The fraction of sp³-hybridized carbons (Fsp3) is 0.269. The molecule has 32 heavy (non-hydrogen) atoms. The molecule has 0 aromatic heterocycles. The Labute approximate surface area is 191 Å². The molecule has 0 aliphatic heterocycles. The van der Waals surface area contributed by atoms with Gasteiger partial charge in [0.05, 0.1) is 30.9 Å². The van der Waals surface area contributed by atoms with Crippen molar-refractivity contribution in [3.63, 3.8) is 0 Å². The SMILES string of the molecule is CS(=O)(=O)OC[C@@H]([C@H](C#N)Cc1ccccc1)N(Cc1ccccc1)Cc1ccccc1. The third-order valence-corrected chi connectivity index (χ3v) is 5.87. The maximum absolute atomic E-state index is 11.8. The molecule has 0 saturated heterocycles. The zero-order valence-electron chi connectivity index (χ0n) is 18.2. The predicted octanol–water partition coefficient (Wildman–Crippen LogP) is 4.42. The fourth-order valence-corrected chi connectivity index (χ4v) is 4.12. The van der Waals surface area contributed by atoms with Crippen LogP contribution in [0.25, 0.3) is 0 Å². The molecule has 3 aromatic rings. The number of hydrogen-bond donors (Lipinski definition) is 0. The molecule has 0 heterocycles. The van der Waals surface area contributed by atoms with Crippen LogP contribution in [0.5, 0.6) is 0 Å². The van der Waals surface area contributed by atoms with Crippen molar-refractivity contribution < 1.29 is 12.6 Å². The van der Waals surface area contributed by atoms with E-state index in [2.05, 4.69) is 11.0 Å². The van der Waals surface area contributed by atoms with Gasteiger partial charge in [0.25, 0.3) is 10.1 Å². The number of benzene rings is 3. The van der Waals surface area contributed by atoms with E-state index in [1.54, 1.807) is 0 Å². The highest BCUT2D eigenvalue weighted by molar-refractivity contribution is 7.85. The average molecular weight is 449 g/mol. The Morgan fingerprint density at radius 3 is 1.66 bits per heavy atom. The third kappa shape index (κ3) is 7.61. The van der Waals surface area contributed by atoms with E-state index in [1.807, 2.05) is 91.0 Å². The van der Waals surface area contributed by atoms with Gasteiger partial charge in [-0.15, -0.1) is 0 Å². The zero-order valence-corrected chi connectivity index (χ0v) is 19.0. The molecule has 0 aliphatic carbocycles. The molecule has 0 radical (unpaired) electrons. The molecule has 0 aliphatic rings. The van der Waals surface area contributed by atoms with E-state index in [1.165, 1.54) is 0 Å². The second kappa shape index (κ2) is 11.6. The Hall–Kier alpha value is -2.98. The Kier molecular flexibility index (Phi) is 8.57. The molecule has 166 valence electrons. The van der Waals surface area contributed by atoms with Gasteiger partial charge in [0.15, 0.2) is 0 Å². The van der Waals surface area contributed by atoms with E-state index < -0.39 is 22.1 Å². The van der Waals surface area contributed by atoms with Crippen LogP contribution >= 0.6 is 0 Å². The predicted molar refractivity (Wildman–Crippen MR) is 126 cm³/mol. The van der Waals surface area contributed by atoms with Crippen LogP contribution < -0.4 is 0 Å². The summed E-state index contributed by atoms with van der Waals surface area (Å²) in [7, 11) is -3.65. The summed E-state index contributed by atoms with van der Waals surface area (Å²) in [5.41, 5.74) is 3.20. The lowest BCUT2D eigenvalue weighted by Gasteiger charge is -2.34. The van der Waals surface area contributed by atoms with Crippen molar-refractivity contribution in [3.05, 3.63) is 108 Å². The highest BCUT2D eigenvalue weighted by atomic mass is 32.2. The number of nitrogens with zero attached hydrogens (tertiary/aromatic N) is 2. The van der Waals surface area contributed by atoms with Gasteiger partial charge in [-0.3, -0.25) is 9.08 Å². The van der Waals surface area contributed by atoms with Crippen molar-refractivity contribution in [2.75, 3.05) is 12.9 Å². The van der Waals surface area contributed by atoms with E-state index in [9.17, 15) is 13.7 Å². The van der Waals surface area contributed by atoms with Crippen molar-refractivity contribution in [2.45, 2.75) is 25.6 Å². The molecule has 5 nitrogen and oxygen atoms in total. The molecule has 3 rings (SSSR count). The Morgan fingerprint density at radius 1 is 0.812 bits per heavy atom. The summed E-state index contributed by atoms with van der Waals surface area (Å²) in [5, 5.41) is 10.1. The molecule has 0 fully saturated rings. The minimum atomic E-state index is -3.65. The van der Waals surface area contributed by atoms with E-state index in [4.69, 9.17) is 4.18 Å². The number of hydrogen-bond acceptors (Lipinski definition) is 5. The van der Waals surface area contributed by atoms with E-state index in [0.717, 1.165) is 22.9 Å². The van der Waals surface area contributed by atoms with Crippen molar-refractivity contribution in [1.29, 1.82) is 5.26 Å². The van der Waals surface area contributed by atoms with E-state index in [-0.39, 0.29) is 6.61 Å². The molecule has 0 bridgehead atoms. The molecule has 2 atom stereocenters. The lowest BCUT2D eigenvalue weighted by atomic mass is 9.92. The first-order chi connectivity index (χ1) is 15.4. The van der Waals surface area contributed by atoms with Gasteiger partial charge in [-0.05, 0) is 23.1 Å². The van der Waals surface area contributed by atoms with Crippen LogP contribution in [-0.2, 0) is 33.8 Å². The first-order valence-corrected chi connectivity index (χ1v) is 12.4. The summed E-state index contributed by atoms with van der Waals surface area (Å²) >= 11 is 0. The van der Waals surface area contributed by atoms with Gasteiger partial charge in [0.2, 0.25) is 0 Å². The van der Waals surface area contributed by atoms with Crippen molar-refractivity contribution >= 4 is 10.1 Å². The van der Waals surface area contributed by atoms with Crippen molar-refractivity contribution in [2.24, 2.45) is 5.92 Å². The number of nitriles is 1. The molecule has 0 amide bonds. The summed E-state index contributed by atoms with van der Waals surface area (Å²) in [6, 6.07) is 31.7. The molecule has 3 aromatic carbocycles. The maximum Gasteiger partial charge on any atom is 0.264 e. The molecule has 6 heteroatoms. The average Bonchev–Trinajstić information content (AvgIpc) is 2.79. The summed E-state index contributed by atoms with van der Waals surface area (Å²) in [4.78, 5) is 2.15. The monoisotopic (exact) mass is 448 g/mol. The Bertz CT molecular complexity index is 1060. The second-order valence-electron chi connectivity index (χ2n) is 7.86. The van der Waals surface area contributed by atoms with Crippen LogP contribution in [0, 0.1) is 17.2 Å². The lowest BCUT2D eigenvalue weighted by Crippen LogP contribution is -2.44. The van der Waals surface area contributed by atoms with Crippen LogP contribution in [0.2, 0.25) is 0 Å². The molecular formula is C26H28N2O3S. The van der Waals surface area contributed by atoms with Crippen LogP contribution in [0.1, 0.15) is 16.7 Å². The highest BCUT2D eigenvalue weighted by Crippen LogP contribution is 2.23. The van der Waals surface area contributed by atoms with Gasteiger partial charge >= 0.3 is 0 Å². The molecule has 0 unspecified atom stereocenters. The van der Waals surface area contributed by atoms with Crippen LogP contribution in [0.3, 0.4) is 0 Å². The molecule has 0 saturated carbocycles. The summed E-state index contributed by atoms with van der Waals surface area (Å²) in [5.74, 6) is -0.452. The highest BCUT2D eigenvalue weighted by Gasteiger charge is 2.30. The van der Waals surface area contributed by atoms with Crippen molar-refractivity contribution in [3.8, 4) is 6.07 Å². The Balaban J connectivity index is 1.94. The summed E-state index contributed by atoms with van der Waals surface area (Å²) < 4.78 is 28.9. The normalized spacial score (nSPS) is 13.4. The topological polar surface area (TPSA) is 70.4 Å². The Morgan fingerprint density at radius 2 is 1.25 bits per heavy atom. The quantitative estimate of drug-likeness (QED) is 0.406. The fourth-order valence-electron chi connectivity index (χ4n) is 3.73. The third-order valence-electron chi connectivity index (χ3n) is 5.31. The van der Waals surface area contributed by atoms with Crippen LogP contribution in [0.4, 0.5) is 0 Å². The van der Waals surface area contributed by atoms with Gasteiger partial charge in [-0.1, -0.05) is 91.0 Å². The first-order valence-electron chi connectivity index (χ1n) is 10.5. The maximum atomic E-state index is 11.8. The summed E-state index contributed by atoms with van der Waals surface area (Å²) in [6.07, 6.45) is 1.55. The number of rotatable bonds is 11. The summed E-state index contributed by atoms with van der Waals surface area (Å²) in [6.45, 7) is 1.06. The van der Waals surface area contributed by atoms with E-state index >= 15 is 0 Å². The van der Waals surface area contributed by atoms with E-state index in [0.29, 0.717) is 19.5 Å². The second-order valence-corrected chi connectivity index (χ2v) is 9.50. The van der Waals surface area contributed by atoms with Gasteiger partial charge in [0, 0.05) is 13.1 Å².